The number of halogens is 1. The van der Waals surface area contributed by atoms with E-state index in [0.29, 0.717) is 30.5 Å². The first kappa shape index (κ1) is 17.5. The Balaban J connectivity index is 1.54. The molecule has 3 rings (SSSR count). The molecule has 0 amide bonds. The van der Waals surface area contributed by atoms with E-state index in [1.165, 1.54) is 0 Å². The quantitative estimate of drug-likeness (QED) is 0.650. The van der Waals surface area contributed by atoms with Gasteiger partial charge in [-0.1, -0.05) is 24.3 Å². The Kier molecular flexibility index (Phi) is 5.17. The molecule has 0 saturated carbocycles. The predicted molar refractivity (Wildman–Crippen MR) is 95.9 cm³/mol. The van der Waals surface area contributed by atoms with Crippen LogP contribution in [0.25, 0.3) is 17.2 Å². The van der Waals surface area contributed by atoms with E-state index in [9.17, 15) is 9.18 Å². The van der Waals surface area contributed by atoms with Crippen LogP contribution in [0.15, 0.2) is 58.8 Å². The number of hydrogen-bond acceptors (Lipinski definition) is 5. The maximum absolute atomic E-state index is 13.1. The van der Waals surface area contributed by atoms with E-state index in [1.807, 2.05) is 36.2 Å². The van der Waals surface area contributed by atoms with Gasteiger partial charge < -0.3 is 19.2 Å². The van der Waals surface area contributed by atoms with Gasteiger partial charge in [0.15, 0.2) is 5.58 Å². The summed E-state index contributed by atoms with van der Waals surface area (Å²) in [6.07, 6.45) is 0.952. The fourth-order valence-electron chi connectivity index (χ4n) is 2.29. The largest absolute Gasteiger partial charge is 0.492 e. The van der Waals surface area contributed by atoms with Crippen LogP contribution >= 0.6 is 0 Å². The summed E-state index contributed by atoms with van der Waals surface area (Å²) in [5, 5.41) is 8.52. The molecule has 0 spiro atoms. The number of ether oxygens (including phenoxy) is 1. The molecule has 0 aliphatic rings. The topological polar surface area (TPSA) is 75.8 Å². The number of para-hydroxylation sites is 2. The van der Waals surface area contributed by atoms with Crippen molar-refractivity contribution in [1.82, 2.24) is 4.98 Å². The SMILES string of the molecule is CN(CCOc1ccc(/C=C(/F)C(=O)O)cc1)c1nc2ccccc2o1. The molecule has 6 nitrogen and oxygen atoms in total. The summed E-state index contributed by atoms with van der Waals surface area (Å²) in [5.74, 6) is -2.20. The van der Waals surface area contributed by atoms with Crippen molar-refractivity contribution in [3.63, 3.8) is 0 Å². The van der Waals surface area contributed by atoms with E-state index >= 15 is 0 Å². The number of fused-ring (bicyclic) bond motifs is 1. The van der Waals surface area contributed by atoms with Crippen LogP contribution in [0.4, 0.5) is 10.4 Å². The minimum Gasteiger partial charge on any atom is -0.492 e. The lowest BCUT2D eigenvalue weighted by Gasteiger charge is -2.14. The molecule has 1 aromatic heterocycles. The second-order valence-electron chi connectivity index (χ2n) is 5.60. The molecule has 0 radical (unpaired) electrons. The van der Waals surface area contributed by atoms with Crippen molar-refractivity contribution in [2.24, 2.45) is 0 Å². The summed E-state index contributed by atoms with van der Waals surface area (Å²) >= 11 is 0. The fourth-order valence-corrected chi connectivity index (χ4v) is 2.29. The standard InChI is InChI=1S/C19H17FN2O4/c1-22(19-21-16-4-2-3-5-17(16)26-19)10-11-25-14-8-6-13(7-9-14)12-15(20)18(23)24/h2-9,12H,10-11H2,1H3,(H,23,24)/b15-12+. The molecule has 2 aromatic carbocycles. The molecule has 134 valence electrons. The van der Waals surface area contributed by atoms with E-state index in [2.05, 4.69) is 4.98 Å². The van der Waals surface area contributed by atoms with Crippen LogP contribution in [-0.4, -0.2) is 36.3 Å². The average Bonchev–Trinajstić information content (AvgIpc) is 3.07. The number of carbonyl (C=O) groups is 1. The van der Waals surface area contributed by atoms with Gasteiger partial charge in [0.1, 0.15) is 17.9 Å². The fraction of sp³-hybridized carbons (Fsp3) is 0.158. The van der Waals surface area contributed by atoms with Crippen molar-refractivity contribution in [1.29, 1.82) is 0 Å². The lowest BCUT2D eigenvalue weighted by atomic mass is 10.2. The molecule has 0 bridgehead atoms. The number of aromatic nitrogens is 1. The number of likely N-dealkylation sites (N-methyl/N-ethyl adjacent to an activating group) is 1. The Labute approximate surface area is 149 Å². The first-order chi connectivity index (χ1) is 12.5. The van der Waals surface area contributed by atoms with Crippen LogP contribution in [0.5, 0.6) is 5.75 Å². The normalized spacial score (nSPS) is 11.5. The van der Waals surface area contributed by atoms with E-state index in [4.69, 9.17) is 14.3 Å². The van der Waals surface area contributed by atoms with Crippen molar-refractivity contribution in [2.75, 3.05) is 25.1 Å². The summed E-state index contributed by atoms with van der Waals surface area (Å²) in [5.41, 5.74) is 1.97. The third-order valence-corrected chi connectivity index (χ3v) is 3.68. The highest BCUT2D eigenvalue weighted by Crippen LogP contribution is 2.20. The van der Waals surface area contributed by atoms with E-state index in [-0.39, 0.29) is 0 Å². The van der Waals surface area contributed by atoms with Gasteiger partial charge in [-0.05, 0) is 35.9 Å². The van der Waals surface area contributed by atoms with Gasteiger partial charge in [-0.3, -0.25) is 0 Å². The van der Waals surface area contributed by atoms with Crippen LogP contribution in [0, 0.1) is 0 Å². The molecule has 26 heavy (non-hydrogen) atoms. The third kappa shape index (κ3) is 4.18. The van der Waals surface area contributed by atoms with Gasteiger partial charge in [0.2, 0.25) is 5.83 Å². The number of anilines is 1. The van der Waals surface area contributed by atoms with E-state index in [0.717, 1.165) is 17.2 Å². The van der Waals surface area contributed by atoms with Crippen molar-refractivity contribution < 1.29 is 23.4 Å². The number of carboxylic acid groups (broad SMARTS) is 1. The molecule has 0 atom stereocenters. The van der Waals surface area contributed by atoms with Gasteiger partial charge in [-0.25, -0.2) is 4.79 Å². The van der Waals surface area contributed by atoms with Crippen molar-refractivity contribution in [2.45, 2.75) is 0 Å². The molecule has 3 aromatic rings. The first-order valence-electron chi connectivity index (χ1n) is 7.93. The Morgan fingerprint density at radius 3 is 2.69 bits per heavy atom. The zero-order valence-electron chi connectivity index (χ0n) is 14.1. The van der Waals surface area contributed by atoms with Crippen LogP contribution in [-0.2, 0) is 4.79 Å². The molecule has 0 aliphatic carbocycles. The number of aliphatic carboxylic acids is 1. The average molecular weight is 356 g/mol. The second kappa shape index (κ2) is 7.69. The molecule has 0 unspecified atom stereocenters. The molecule has 0 fully saturated rings. The van der Waals surface area contributed by atoms with Crippen LogP contribution in [0.1, 0.15) is 5.56 Å². The number of oxazole rings is 1. The Hall–Kier alpha value is -3.35. The predicted octanol–water partition coefficient (Wildman–Crippen LogP) is 3.74. The summed E-state index contributed by atoms with van der Waals surface area (Å²) in [6, 6.07) is 14.5. The molecule has 0 saturated heterocycles. The Morgan fingerprint density at radius 1 is 1.27 bits per heavy atom. The molecular weight excluding hydrogens is 339 g/mol. The summed E-state index contributed by atoms with van der Waals surface area (Å²) < 4.78 is 24.4. The molecule has 0 aliphatic heterocycles. The minimum absolute atomic E-state index is 0.397. The zero-order chi connectivity index (χ0) is 18.5. The number of carboxylic acids is 1. The van der Waals surface area contributed by atoms with Crippen molar-refractivity contribution in [3.05, 3.63) is 59.9 Å². The van der Waals surface area contributed by atoms with Crippen molar-refractivity contribution in [3.8, 4) is 5.75 Å². The zero-order valence-corrected chi connectivity index (χ0v) is 14.1. The number of benzene rings is 2. The highest BCUT2D eigenvalue weighted by molar-refractivity contribution is 5.89. The molecular formula is C19H17FN2O4. The van der Waals surface area contributed by atoms with Crippen molar-refractivity contribution >= 4 is 29.2 Å². The van der Waals surface area contributed by atoms with Crippen LogP contribution < -0.4 is 9.64 Å². The monoisotopic (exact) mass is 356 g/mol. The molecule has 1 N–H and O–H groups in total. The summed E-state index contributed by atoms with van der Waals surface area (Å²) in [6.45, 7) is 0.954. The molecule has 7 heteroatoms. The van der Waals surface area contributed by atoms with Gasteiger partial charge in [-0.15, -0.1) is 0 Å². The molecule has 1 heterocycles. The van der Waals surface area contributed by atoms with E-state index in [1.54, 1.807) is 24.3 Å². The van der Waals surface area contributed by atoms with Gasteiger partial charge >= 0.3 is 5.97 Å². The summed E-state index contributed by atoms with van der Waals surface area (Å²) in [7, 11) is 1.86. The lowest BCUT2D eigenvalue weighted by Crippen LogP contribution is -2.23. The summed E-state index contributed by atoms with van der Waals surface area (Å²) in [4.78, 5) is 16.7. The lowest BCUT2D eigenvalue weighted by molar-refractivity contribution is -0.134. The van der Waals surface area contributed by atoms with E-state index < -0.39 is 11.8 Å². The highest BCUT2D eigenvalue weighted by Gasteiger charge is 2.10. The number of rotatable bonds is 7. The Morgan fingerprint density at radius 2 is 2.00 bits per heavy atom. The smallest absolute Gasteiger partial charge is 0.364 e. The number of hydrogen-bond donors (Lipinski definition) is 1. The third-order valence-electron chi connectivity index (χ3n) is 3.68. The Bertz CT molecular complexity index is 901. The minimum atomic E-state index is -1.59. The van der Waals surface area contributed by atoms with Gasteiger partial charge in [0.25, 0.3) is 6.01 Å². The van der Waals surface area contributed by atoms with Gasteiger partial charge in [0, 0.05) is 7.05 Å². The van der Waals surface area contributed by atoms with Crippen LogP contribution in [0.3, 0.4) is 0 Å². The number of nitrogens with zero attached hydrogens (tertiary/aromatic N) is 2. The second-order valence-corrected chi connectivity index (χ2v) is 5.60. The van der Waals surface area contributed by atoms with Gasteiger partial charge in [-0.2, -0.15) is 9.37 Å². The van der Waals surface area contributed by atoms with Gasteiger partial charge in [0.05, 0.1) is 6.54 Å². The first-order valence-corrected chi connectivity index (χ1v) is 7.93. The highest BCUT2D eigenvalue weighted by atomic mass is 19.1. The maximum Gasteiger partial charge on any atom is 0.364 e. The van der Waals surface area contributed by atoms with Crippen LogP contribution in [0.2, 0.25) is 0 Å². The maximum atomic E-state index is 13.1.